The maximum Gasteiger partial charge on any atom is 0.323 e. The number of aryl methyl sites for hydroxylation is 1. The number of fused-ring (bicyclic) bond motifs is 1. The summed E-state index contributed by atoms with van der Waals surface area (Å²) in [5.41, 5.74) is 3.91. The van der Waals surface area contributed by atoms with Gasteiger partial charge in [-0.05, 0) is 49.2 Å². The summed E-state index contributed by atoms with van der Waals surface area (Å²) in [5.74, 6) is 0. The van der Waals surface area contributed by atoms with Gasteiger partial charge < -0.3 is 20.4 Å². The van der Waals surface area contributed by atoms with E-state index in [2.05, 4.69) is 39.6 Å². The van der Waals surface area contributed by atoms with Crippen molar-refractivity contribution in [1.82, 2.24) is 4.90 Å². The van der Waals surface area contributed by atoms with Crippen LogP contribution in [0.2, 0.25) is 0 Å². The van der Waals surface area contributed by atoms with E-state index in [1.807, 2.05) is 55.5 Å². The number of benzene rings is 3. The molecule has 1 aliphatic rings. The molecule has 0 spiro atoms. The quantitative estimate of drug-likeness (QED) is 0.707. The Labute approximate surface area is 165 Å². The number of carbonyl (C=O) groups excluding carboxylic acids is 1. The molecule has 0 saturated carbocycles. The van der Waals surface area contributed by atoms with Gasteiger partial charge in [-0.3, -0.25) is 0 Å². The number of nitrogens with zero attached hydrogens (tertiary/aromatic N) is 2. The molecule has 5 nitrogen and oxygen atoms in total. The number of carbonyl (C=O) groups is 1. The maximum atomic E-state index is 12.6. The summed E-state index contributed by atoms with van der Waals surface area (Å²) < 4.78 is 0. The van der Waals surface area contributed by atoms with Gasteiger partial charge in [0.2, 0.25) is 0 Å². The van der Waals surface area contributed by atoms with Crippen LogP contribution in [0.4, 0.5) is 21.9 Å². The number of hydrogen-bond acceptors (Lipinski definition) is 3. The van der Waals surface area contributed by atoms with Crippen molar-refractivity contribution in [3.05, 3.63) is 66.2 Å². The number of rotatable bonds is 3. The summed E-state index contributed by atoms with van der Waals surface area (Å²) in [7, 11) is 2.16. The number of urea groups is 1. The molecular formula is C23H26N4O. The summed E-state index contributed by atoms with van der Waals surface area (Å²) in [6.07, 6.45) is 0. The van der Waals surface area contributed by atoms with E-state index in [0.717, 1.165) is 53.9 Å². The number of nitrogens with one attached hydrogen (secondary N) is 2. The Morgan fingerprint density at radius 1 is 0.857 bits per heavy atom. The van der Waals surface area contributed by atoms with Crippen LogP contribution in [-0.4, -0.2) is 44.2 Å². The molecule has 0 bridgehead atoms. The molecule has 2 amide bonds. The highest BCUT2D eigenvalue weighted by molar-refractivity contribution is 6.06. The Kier molecular flexibility index (Phi) is 5.17. The van der Waals surface area contributed by atoms with Gasteiger partial charge >= 0.3 is 6.03 Å². The fraction of sp³-hybridized carbons (Fsp3) is 0.261. The third-order valence-corrected chi connectivity index (χ3v) is 5.36. The van der Waals surface area contributed by atoms with Crippen molar-refractivity contribution in [2.24, 2.45) is 0 Å². The molecule has 0 aromatic heterocycles. The van der Waals surface area contributed by atoms with Gasteiger partial charge in [-0.2, -0.15) is 0 Å². The first-order valence-electron chi connectivity index (χ1n) is 9.70. The Balaban J connectivity index is 1.45. The van der Waals surface area contributed by atoms with Crippen molar-refractivity contribution in [2.45, 2.75) is 6.92 Å². The largest absolute Gasteiger partial charge is 0.369 e. The predicted octanol–water partition coefficient (Wildman–Crippen LogP) is 4.54. The number of anilines is 3. The first-order valence-corrected chi connectivity index (χ1v) is 9.70. The molecule has 3 aromatic carbocycles. The minimum absolute atomic E-state index is 0.230. The van der Waals surface area contributed by atoms with Crippen molar-refractivity contribution < 1.29 is 4.79 Å². The molecule has 0 aliphatic carbocycles. The zero-order valence-electron chi connectivity index (χ0n) is 16.4. The summed E-state index contributed by atoms with van der Waals surface area (Å²) in [5, 5.41) is 8.10. The second kappa shape index (κ2) is 7.90. The fourth-order valence-electron chi connectivity index (χ4n) is 3.66. The van der Waals surface area contributed by atoms with Gasteiger partial charge in [-0.25, -0.2) is 4.79 Å². The molecule has 3 aromatic rings. The molecule has 1 saturated heterocycles. The van der Waals surface area contributed by atoms with Gasteiger partial charge in [0.15, 0.2) is 0 Å². The van der Waals surface area contributed by atoms with Gasteiger partial charge in [-0.1, -0.05) is 36.4 Å². The zero-order valence-corrected chi connectivity index (χ0v) is 16.4. The minimum atomic E-state index is -0.230. The van der Waals surface area contributed by atoms with Crippen molar-refractivity contribution in [2.75, 3.05) is 48.8 Å². The Bertz CT molecular complexity index is 988. The van der Waals surface area contributed by atoms with Crippen molar-refractivity contribution >= 4 is 33.9 Å². The van der Waals surface area contributed by atoms with Gasteiger partial charge in [0.05, 0.1) is 5.69 Å². The van der Waals surface area contributed by atoms with Crippen LogP contribution in [0.1, 0.15) is 5.56 Å². The van der Waals surface area contributed by atoms with E-state index < -0.39 is 0 Å². The van der Waals surface area contributed by atoms with E-state index in [4.69, 9.17) is 0 Å². The van der Waals surface area contributed by atoms with Crippen LogP contribution in [0.5, 0.6) is 0 Å². The Hall–Kier alpha value is -3.05. The smallest absolute Gasteiger partial charge is 0.323 e. The van der Waals surface area contributed by atoms with Gasteiger partial charge in [0.25, 0.3) is 0 Å². The van der Waals surface area contributed by atoms with Crippen molar-refractivity contribution in [1.29, 1.82) is 0 Å². The SMILES string of the molecule is Cc1cc(N2CCN(C)CC2)ccc1NC(=O)Nc1cccc2ccccc12. The first-order chi connectivity index (χ1) is 13.6. The molecule has 0 radical (unpaired) electrons. The third-order valence-electron chi connectivity index (χ3n) is 5.36. The lowest BCUT2D eigenvalue weighted by atomic mass is 10.1. The second-order valence-corrected chi connectivity index (χ2v) is 7.40. The topological polar surface area (TPSA) is 47.6 Å². The molecule has 28 heavy (non-hydrogen) atoms. The molecule has 144 valence electrons. The molecular weight excluding hydrogens is 348 g/mol. The number of likely N-dealkylation sites (N-methyl/N-ethyl adjacent to an activating group) is 1. The number of hydrogen-bond donors (Lipinski definition) is 2. The minimum Gasteiger partial charge on any atom is -0.369 e. The molecule has 0 unspecified atom stereocenters. The predicted molar refractivity (Wildman–Crippen MR) is 117 cm³/mol. The van der Waals surface area contributed by atoms with E-state index in [9.17, 15) is 4.79 Å². The highest BCUT2D eigenvalue weighted by atomic mass is 16.2. The van der Waals surface area contributed by atoms with Gasteiger partial charge in [-0.15, -0.1) is 0 Å². The average molecular weight is 374 g/mol. The van der Waals surface area contributed by atoms with Crippen LogP contribution >= 0.6 is 0 Å². The lowest BCUT2D eigenvalue weighted by molar-refractivity contribution is 0.262. The summed E-state index contributed by atoms with van der Waals surface area (Å²) >= 11 is 0. The van der Waals surface area contributed by atoms with Crippen LogP contribution in [-0.2, 0) is 0 Å². The van der Waals surface area contributed by atoms with E-state index in [1.54, 1.807) is 0 Å². The average Bonchev–Trinajstić information content (AvgIpc) is 2.70. The Morgan fingerprint density at radius 2 is 1.57 bits per heavy atom. The van der Waals surface area contributed by atoms with Crippen LogP contribution in [0.3, 0.4) is 0 Å². The lowest BCUT2D eigenvalue weighted by Gasteiger charge is -2.34. The maximum absolute atomic E-state index is 12.6. The molecule has 1 fully saturated rings. The first kappa shape index (κ1) is 18.3. The van der Waals surface area contributed by atoms with E-state index in [1.165, 1.54) is 5.69 Å². The normalized spacial score (nSPS) is 14.9. The molecule has 0 atom stereocenters. The van der Waals surface area contributed by atoms with Crippen LogP contribution < -0.4 is 15.5 Å². The lowest BCUT2D eigenvalue weighted by Crippen LogP contribution is -2.44. The monoisotopic (exact) mass is 374 g/mol. The highest BCUT2D eigenvalue weighted by Crippen LogP contribution is 2.25. The highest BCUT2D eigenvalue weighted by Gasteiger charge is 2.15. The van der Waals surface area contributed by atoms with Crippen molar-refractivity contribution in [3.8, 4) is 0 Å². The number of piperazine rings is 1. The summed E-state index contributed by atoms with van der Waals surface area (Å²) in [6.45, 7) is 6.25. The fourth-order valence-corrected chi connectivity index (χ4v) is 3.66. The van der Waals surface area contributed by atoms with Crippen LogP contribution in [0.15, 0.2) is 60.7 Å². The standard InChI is InChI=1S/C23H26N4O/c1-17-16-19(27-14-12-26(2)13-15-27)10-11-21(17)24-23(28)25-22-9-5-7-18-6-3-4-8-20(18)22/h3-11,16H,12-15H2,1-2H3,(H2,24,25,28). The number of amides is 2. The molecule has 1 aliphatic heterocycles. The van der Waals surface area contributed by atoms with E-state index >= 15 is 0 Å². The summed E-state index contributed by atoms with van der Waals surface area (Å²) in [4.78, 5) is 17.3. The van der Waals surface area contributed by atoms with E-state index in [0.29, 0.717) is 0 Å². The third kappa shape index (κ3) is 3.94. The van der Waals surface area contributed by atoms with E-state index in [-0.39, 0.29) is 6.03 Å². The summed E-state index contributed by atoms with van der Waals surface area (Å²) in [6, 6.07) is 20.0. The van der Waals surface area contributed by atoms with Crippen LogP contribution in [0.25, 0.3) is 10.8 Å². The second-order valence-electron chi connectivity index (χ2n) is 7.40. The van der Waals surface area contributed by atoms with Gasteiger partial charge in [0, 0.05) is 42.9 Å². The van der Waals surface area contributed by atoms with Crippen molar-refractivity contribution in [3.63, 3.8) is 0 Å². The molecule has 2 N–H and O–H groups in total. The van der Waals surface area contributed by atoms with Crippen LogP contribution in [0, 0.1) is 6.92 Å². The molecule has 5 heteroatoms. The Morgan fingerprint density at radius 3 is 2.36 bits per heavy atom. The zero-order chi connectivity index (χ0) is 19.5. The van der Waals surface area contributed by atoms with Gasteiger partial charge in [0.1, 0.15) is 0 Å². The molecule has 4 rings (SSSR count). The molecule has 1 heterocycles.